The van der Waals surface area contributed by atoms with E-state index in [1.807, 2.05) is 18.3 Å². The zero-order chi connectivity index (χ0) is 22.6. The lowest BCUT2D eigenvalue weighted by molar-refractivity contribution is 0.385. The largest absolute Gasteiger partial charge is 0.439 e. The zero-order valence-corrected chi connectivity index (χ0v) is 18.1. The molecule has 6 nitrogen and oxygen atoms in total. The molecule has 0 aliphatic heterocycles. The van der Waals surface area contributed by atoms with Gasteiger partial charge in [0.1, 0.15) is 0 Å². The van der Waals surface area contributed by atoms with E-state index in [1.54, 1.807) is 6.08 Å². The molecule has 0 atom stereocenters. The first-order valence-electron chi connectivity index (χ1n) is 10.8. The summed E-state index contributed by atoms with van der Waals surface area (Å²) in [7, 11) is 0. The third-order valence-corrected chi connectivity index (χ3v) is 5.60. The van der Waals surface area contributed by atoms with Gasteiger partial charge in [0, 0.05) is 5.39 Å². The quantitative estimate of drug-likeness (QED) is 0.332. The molecule has 5 rings (SSSR count). The van der Waals surface area contributed by atoms with Crippen LogP contribution in [0.2, 0.25) is 0 Å². The number of H-pyrrole nitrogens is 2. The molecule has 0 unspecified atom stereocenters. The third kappa shape index (κ3) is 4.32. The molecule has 6 heteroatoms. The second-order valence-electron chi connectivity index (χ2n) is 7.68. The van der Waals surface area contributed by atoms with Crippen LogP contribution in [0.5, 0.6) is 0 Å². The molecular weight excluding hydrogens is 412 g/mol. The van der Waals surface area contributed by atoms with Gasteiger partial charge in [-0.15, -0.1) is 0 Å². The van der Waals surface area contributed by atoms with Crippen molar-refractivity contribution in [2.24, 2.45) is 0 Å². The molecule has 0 radical (unpaired) electrons. The van der Waals surface area contributed by atoms with Crippen molar-refractivity contribution >= 4 is 34.2 Å². The van der Waals surface area contributed by atoms with Gasteiger partial charge in [0.15, 0.2) is 5.82 Å². The van der Waals surface area contributed by atoms with Gasteiger partial charge in [-0.2, -0.15) is 5.10 Å². The van der Waals surface area contributed by atoms with E-state index in [0.29, 0.717) is 5.82 Å². The molecule has 0 fully saturated rings. The van der Waals surface area contributed by atoms with Crippen molar-refractivity contribution < 1.29 is 4.52 Å². The van der Waals surface area contributed by atoms with Gasteiger partial charge in [0.25, 0.3) is 0 Å². The number of aromatic amines is 2. The Morgan fingerprint density at radius 3 is 2.45 bits per heavy atom. The summed E-state index contributed by atoms with van der Waals surface area (Å²) < 4.78 is 4.53. The van der Waals surface area contributed by atoms with Gasteiger partial charge in [-0.1, -0.05) is 78.8 Å². The summed E-state index contributed by atoms with van der Waals surface area (Å²) in [6, 6.07) is 25.3. The minimum absolute atomic E-state index is 0.385. The Balaban J connectivity index is 1.60. The fourth-order valence-electron chi connectivity index (χ4n) is 4.03. The van der Waals surface area contributed by atoms with Crippen LogP contribution < -0.4 is 5.76 Å². The molecule has 2 heterocycles. The number of allylic oxidation sites excluding steroid dienone is 1. The fraction of sp³-hybridized carbons (Fsp3) is 0.0741. The highest BCUT2D eigenvalue weighted by Crippen LogP contribution is 2.35. The number of fused-ring (bicyclic) bond motifs is 1. The first kappa shape index (κ1) is 20.5. The number of aromatic nitrogens is 4. The Hall–Kier alpha value is -4.45. The van der Waals surface area contributed by atoms with Crippen molar-refractivity contribution in [2.45, 2.75) is 13.3 Å². The van der Waals surface area contributed by atoms with Crippen LogP contribution in [-0.4, -0.2) is 20.3 Å². The molecule has 0 aliphatic rings. The van der Waals surface area contributed by atoms with E-state index in [0.717, 1.165) is 34.0 Å². The monoisotopic (exact) mass is 434 g/mol. The lowest BCUT2D eigenvalue weighted by Crippen LogP contribution is -1.95. The van der Waals surface area contributed by atoms with Crippen LogP contribution in [0.25, 0.3) is 34.2 Å². The van der Waals surface area contributed by atoms with Gasteiger partial charge in [0.2, 0.25) is 0 Å². The maximum atomic E-state index is 11.1. The first-order valence-corrected chi connectivity index (χ1v) is 10.8. The Morgan fingerprint density at radius 2 is 1.73 bits per heavy atom. The van der Waals surface area contributed by atoms with E-state index >= 15 is 0 Å². The zero-order valence-electron chi connectivity index (χ0n) is 18.1. The van der Waals surface area contributed by atoms with Crippen molar-refractivity contribution in [1.82, 2.24) is 20.3 Å². The minimum Gasteiger partial charge on any atom is -0.296 e. The predicted octanol–water partition coefficient (Wildman–Crippen LogP) is 5.78. The summed E-state index contributed by atoms with van der Waals surface area (Å²) in [5.41, 5.74) is 7.97. The molecule has 2 N–H and O–H groups in total. The number of hydrogen-bond acceptors (Lipinski definition) is 4. The Kier molecular flexibility index (Phi) is 5.55. The van der Waals surface area contributed by atoms with Crippen LogP contribution in [-0.2, 0) is 0 Å². The SMILES string of the molecule is CC/C(=C(/c1ccc(/C=C/c2noc(=O)[nH]2)cc1)c1ccc2[nH]ncc2c1)c1ccccc1. The second-order valence-corrected chi connectivity index (χ2v) is 7.68. The number of benzene rings is 3. The molecule has 0 aliphatic carbocycles. The van der Waals surface area contributed by atoms with Crippen LogP contribution in [0, 0.1) is 0 Å². The molecule has 5 aromatic rings. The Labute approximate surface area is 190 Å². The molecule has 2 aromatic heterocycles. The van der Waals surface area contributed by atoms with E-state index in [9.17, 15) is 4.79 Å². The van der Waals surface area contributed by atoms with E-state index in [-0.39, 0.29) is 0 Å². The van der Waals surface area contributed by atoms with Crippen molar-refractivity contribution in [3.63, 3.8) is 0 Å². The number of hydrogen-bond donors (Lipinski definition) is 2. The highest BCUT2D eigenvalue weighted by atomic mass is 16.5. The molecule has 162 valence electrons. The van der Waals surface area contributed by atoms with E-state index in [2.05, 4.69) is 98.5 Å². The van der Waals surface area contributed by atoms with Crippen LogP contribution in [0.15, 0.2) is 88.3 Å². The average Bonchev–Trinajstić information content (AvgIpc) is 3.50. The Morgan fingerprint density at radius 1 is 0.939 bits per heavy atom. The number of nitrogens with zero attached hydrogens (tertiary/aromatic N) is 2. The smallest absolute Gasteiger partial charge is 0.296 e. The van der Waals surface area contributed by atoms with Crippen LogP contribution in [0.1, 0.15) is 41.4 Å². The van der Waals surface area contributed by atoms with Gasteiger partial charge in [-0.3, -0.25) is 14.6 Å². The summed E-state index contributed by atoms with van der Waals surface area (Å²) in [4.78, 5) is 13.6. The van der Waals surface area contributed by atoms with Gasteiger partial charge in [-0.05, 0) is 58.0 Å². The molecule has 0 saturated carbocycles. The minimum atomic E-state index is -0.567. The summed E-state index contributed by atoms with van der Waals surface area (Å²) in [6.07, 6.45) is 6.35. The molecule has 0 spiro atoms. The van der Waals surface area contributed by atoms with Crippen LogP contribution >= 0.6 is 0 Å². The molecule has 0 saturated heterocycles. The molecule has 0 amide bonds. The van der Waals surface area contributed by atoms with Crippen molar-refractivity contribution in [1.29, 1.82) is 0 Å². The summed E-state index contributed by atoms with van der Waals surface area (Å²) in [6.45, 7) is 2.19. The molecular formula is C27H22N4O2. The number of nitrogens with one attached hydrogen (secondary N) is 2. The van der Waals surface area contributed by atoms with E-state index < -0.39 is 5.76 Å². The molecule has 33 heavy (non-hydrogen) atoms. The van der Waals surface area contributed by atoms with Gasteiger partial charge < -0.3 is 0 Å². The molecule has 3 aromatic carbocycles. The standard InChI is InChI=1S/C27H22N4O2/c1-2-23(19-6-4-3-5-7-19)26(21-13-14-24-22(16-21)17-28-30-24)20-11-8-18(9-12-20)10-15-25-29-27(32)33-31-25/h3-17H,2H2,1H3,(H,28,30)(H,29,31,32)/b15-10+,26-23+. The Bertz CT molecular complexity index is 1500. The van der Waals surface area contributed by atoms with Crippen LogP contribution in [0.3, 0.4) is 0 Å². The van der Waals surface area contributed by atoms with Gasteiger partial charge in [-0.25, -0.2) is 4.79 Å². The number of rotatable bonds is 6. The van der Waals surface area contributed by atoms with Crippen molar-refractivity contribution in [3.05, 3.63) is 118 Å². The summed E-state index contributed by atoms with van der Waals surface area (Å²) in [5.74, 6) is -0.183. The topological polar surface area (TPSA) is 87.6 Å². The lowest BCUT2D eigenvalue weighted by Gasteiger charge is -2.16. The fourth-order valence-corrected chi connectivity index (χ4v) is 4.03. The summed E-state index contributed by atoms with van der Waals surface area (Å²) >= 11 is 0. The summed E-state index contributed by atoms with van der Waals surface area (Å²) in [5, 5.41) is 11.9. The van der Waals surface area contributed by atoms with Crippen molar-refractivity contribution in [2.75, 3.05) is 0 Å². The average molecular weight is 434 g/mol. The first-order chi connectivity index (χ1) is 16.2. The normalized spacial score (nSPS) is 12.4. The van der Waals surface area contributed by atoms with Crippen molar-refractivity contribution in [3.8, 4) is 0 Å². The van der Waals surface area contributed by atoms with Gasteiger partial charge >= 0.3 is 5.76 Å². The highest BCUT2D eigenvalue weighted by molar-refractivity contribution is 6.00. The maximum absolute atomic E-state index is 11.1. The van der Waals surface area contributed by atoms with E-state index in [1.165, 1.54) is 16.7 Å². The van der Waals surface area contributed by atoms with Gasteiger partial charge in [0.05, 0.1) is 11.7 Å². The lowest BCUT2D eigenvalue weighted by atomic mass is 9.87. The highest BCUT2D eigenvalue weighted by Gasteiger charge is 2.14. The third-order valence-electron chi connectivity index (χ3n) is 5.60. The maximum Gasteiger partial charge on any atom is 0.439 e. The predicted molar refractivity (Wildman–Crippen MR) is 131 cm³/mol. The van der Waals surface area contributed by atoms with E-state index in [4.69, 9.17) is 0 Å². The second kappa shape index (κ2) is 8.96. The molecule has 0 bridgehead atoms. The van der Waals surface area contributed by atoms with Crippen LogP contribution in [0.4, 0.5) is 0 Å².